The first-order valence-electron chi connectivity index (χ1n) is 10.8. The third-order valence-corrected chi connectivity index (χ3v) is 5.63. The van der Waals surface area contributed by atoms with Gasteiger partial charge in [0.05, 0.1) is 50.5 Å². The van der Waals surface area contributed by atoms with Crippen LogP contribution in [0.25, 0.3) is 21.9 Å². The van der Waals surface area contributed by atoms with Crippen LogP contribution in [0.1, 0.15) is 16.8 Å². The molecule has 2 heterocycles. The second-order valence-electron chi connectivity index (χ2n) is 7.92. The molecule has 3 aromatic carbocycles. The quantitative estimate of drug-likeness (QED) is 0.356. The average molecular weight is 467 g/mol. The van der Waals surface area contributed by atoms with Crippen molar-refractivity contribution in [2.75, 3.05) is 19.5 Å². The zero-order valence-electron chi connectivity index (χ0n) is 19.1. The summed E-state index contributed by atoms with van der Waals surface area (Å²) in [5.41, 5.74) is 3.73. The van der Waals surface area contributed by atoms with Gasteiger partial charge in [-0.05, 0) is 35.9 Å². The van der Waals surface area contributed by atoms with Gasteiger partial charge in [-0.2, -0.15) is 5.26 Å². The highest BCUT2D eigenvalue weighted by atomic mass is 16.5. The summed E-state index contributed by atoms with van der Waals surface area (Å²) in [5.74, 6) is 0.936. The lowest BCUT2D eigenvalue weighted by Gasteiger charge is -2.10. The molecule has 0 radical (unpaired) electrons. The van der Waals surface area contributed by atoms with Gasteiger partial charge in [0.2, 0.25) is 5.43 Å². The summed E-state index contributed by atoms with van der Waals surface area (Å²) in [7, 11) is 3.05. The number of nitrogens with one attached hydrogen (secondary N) is 1. The molecule has 9 nitrogen and oxygen atoms in total. The smallest absolute Gasteiger partial charge is 0.204 e. The number of hydrogen-bond acceptors (Lipinski definition) is 8. The van der Waals surface area contributed by atoms with Gasteiger partial charge in [0, 0.05) is 17.8 Å². The normalized spacial score (nSPS) is 10.9. The molecule has 0 bridgehead atoms. The molecule has 0 aliphatic rings. The Morgan fingerprint density at radius 2 is 1.97 bits per heavy atom. The number of fused-ring (bicyclic) bond motifs is 2. The number of aromatic nitrogens is 3. The molecule has 0 aliphatic carbocycles. The van der Waals surface area contributed by atoms with Crippen molar-refractivity contribution >= 4 is 27.6 Å². The van der Waals surface area contributed by atoms with Crippen LogP contribution in [0.5, 0.6) is 11.5 Å². The van der Waals surface area contributed by atoms with Crippen molar-refractivity contribution in [2.45, 2.75) is 13.1 Å². The Kier molecular flexibility index (Phi) is 5.77. The van der Waals surface area contributed by atoms with Gasteiger partial charge in [0.1, 0.15) is 33.7 Å². The number of hydrogen-bond donors (Lipinski definition) is 1. The topological polar surface area (TPSA) is 115 Å². The molecule has 2 aromatic heterocycles. The summed E-state index contributed by atoms with van der Waals surface area (Å²) in [6, 6.07) is 18.2. The molecule has 0 fully saturated rings. The minimum atomic E-state index is -0.185. The average Bonchev–Trinajstić information content (AvgIpc) is 3.34. The van der Waals surface area contributed by atoms with Gasteiger partial charge in [-0.3, -0.25) is 4.79 Å². The van der Waals surface area contributed by atoms with E-state index >= 15 is 0 Å². The Bertz CT molecular complexity index is 1650. The molecular weight excluding hydrogens is 446 g/mol. The molecule has 174 valence electrons. The molecule has 0 saturated heterocycles. The van der Waals surface area contributed by atoms with Crippen molar-refractivity contribution in [2.24, 2.45) is 0 Å². The molecule has 0 saturated carbocycles. The summed E-state index contributed by atoms with van der Waals surface area (Å²) in [4.78, 5) is 13.3. The van der Waals surface area contributed by atoms with E-state index in [2.05, 4.69) is 21.7 Å². The van der Waals surface area contributed by atoms with Gasteiger partial charge < -0.3 is 19.2 Å². The Labute approximate surface area is 200 Å². The number of anilines is 1. The van der Waals surface area contributed by atoms with Crippen LogP contribution in [0.2, 0.25) is 0 Å². The van der Waals surface area contributed by atoms with Crippen LogP contribution in [0.15, 0.2) is 70.0 Å². The van der Waals surface area contributed by atoms with Crippen LogP contribution in [0, 0.1) is 11.3 Å². The largest absolute Gasteiger partial charge is 0.496 e. The third-order valence-electron chi connectivity index (χ3n) is 5.63. The minimum Gasteiger partial charge on any atom is -0.496 e. The molecule has 5 rings (SSSR count). The van der Waals surface area contributed by atoms with Gasteiger partial charge in [-0.25, -0.2) is 4.68 Å². The second kappa shape index (κ2) is 9.19. The maximum absolute atomic E-state index is 13.3. The highest BCUT2D eigenvalue weighted by Crippen LogP contribution is 2.31. The van der Waals surface area contributed by atoms with Crippen LogP contribution in [-0.2, 0) is 13.1 Å². The molecule has 35 heavy (non-hydrogen) atoms. The number of rotatable bonds is 7. The SMILES string of the molecule is COc1cc(OC)c2c(=O)c3cc(NCc4cn(Cc5cccc(C#N)c5)nn4)ccc3oc2c1. The lowest BCUT2D eigenvalue weighted by atomic mass is 10.1. The monoisotopic (exact) mass is 467 g/mol. The first-order valence-corrected chi connectivity index (χ1v) is 10.8. The van der Waals surface area contributed by atoms with Crippen LogP contribution in [0.4, 0.5) is 5.69 Å². The summed E-state index contributed by atoms with van der Waals surface area (Å²) in [5, 5.41) is 21.5. The lowest BCUT2D eigenvalue weighted by molar-refractivity contribution is 0.396. The highest BCUT2D eigenvalue weighted by Gasteiger charge is 2.15. The predicted octanol–water partition coefficient (Wildman–Crippen LogP) is 4.09. The van der Waals surface area contributed by atoms with Crippen LogP contribution in [-0.4, -0.2) is 29.2 Å². The van der Waals surface area contributed by atoms with Gasteiger partial charge in [0.25, 0.3) is 0 Å². The standard InChI is InChI=1S/C26H21N5O4/c1-33-20-10-23(34-2)25-24(11-20)35-22-7-6-18(9-21(22)26(25)32)28-13-19-15-31(30-29-19)14-17-5-3-4-16(8-17)12-27/h3-11,15,28H,13-14H2,1-2H3. The van der Waals surface area contributed by atoms with E-state index in [1.807, 2.05) is 30.5 Å². The molecule has 9 heteroatoms. The molecular formula is C26H21N5O4. The van der Waals surface area contributed by atoms with E-state index in [0.29, 0.717) is 52.1 Å². The zero-order chi connectivity index (χ0) is 24.4. The van der Waals surface area contributed by atoms with Crippen molar-refractivity contribution in [1.29, 1.82) is 5.26 Å². The Hall–Kier alpha value is -4.84. The fourth-order valence-corrected chi connectivity index (χ4v) is 3.92. The fraction of sp³-hybridized carbons (Fsp3) is 0.154. The minimum absolute atomic E-state index is 0.185. The van der Waals surface area contributed by atoms with Crippen molar-refractivity contribution in [3.63, 3.8) is 0 Å². The summed E-state index contributed by atoms with van der Waals surface area (Å²) in [6.07, 6.45) is 1.84. The summed E-state index contributed by atoms with van der Waals surface area (Å²) < 4.78 is 18.4. The third kappa shape index (κ3) is 4.37. The fourth-order valence-electron chi connectivity index (χ4n) is 3.92. The Balaban J connectivity index is 1.37. The summed E-state index contributed by atoms with van der Waals surface area (Å²) >= 11 is 0. The number of benzene rings is 3. The molecule has 0 atom stereocenters. The maximum atomic E-state index is 13.3. The number of ether oxygens (including phenoxy) is 2. The second-order valence-corrected chi connectivity index (χ2v) is 7.92. The summed E-state index contributed by atoms with van der Waals surface area (Å²) in [6.45, 7) is 0.933. The number of nitrogens with zero attached hydrogens (tertiary/aromatic N) is 4. The Morgan fingerprint density at radius 1 is 1.09 bits per heavy atom. The van der Waals surface area contributed by atoms with Crippen molar-refractivity contribution in [3.8, 4) is 17.6 Å². The van der Waals surface area contributed by atoms with E-state index in [4.69, 9.17) is 19.2 Å². The first-order chi connectivity index (χ1) is 17.1. The van der Waals surface area contributed by atoms with Gasteiger partial charge in [-0.1, -0.05) is 17.3 Å². The van der Waals surface area contributed by atoms with E-state index < -0.39 is 0 Å². The zero-order valence-corrected chi connectivity index (χ0v) is 19.1. The van der Waals surface area contributed by atoms with Crippen molar-refractivity contribution in [3.05, 3.63) is 87.8 Å². The number of nitriles is 1. The predicted molar refractivity (Wildman–Crippen MR) is 131 cm³/mol. The molecule has 1 N–H and O–H groups in total. The number of methoxy groups -OCH3 is 2. The van der Waals surface area contributed by atoms with Crippen LogP contribution >= 0.6 is 0 Å². The molecule has 0 amide bonds. The van der Waals surface area contributed by atoms with E-state index in [-0.39, 0.29) is 5.43 Å². The maximum Gasteiger partial charge on any atom is 0.204 e. The van der Waals surface area contributed by atoms with Crippen molar-refractivity contribution < 1.29 is 13.9 Å². The van der Waals surface area contributed by atoms with Crippen LogP contribution in [0.3, 0.4) is 0 Å². The molecule has 5 aromatic rings. The van der Waals surface area contributed by atoms with Gasteiger partial charge in [0.15, 0.2) is 0 Å². The van der Waals surface area contributed by atoms with E-state index in [1.165, 1.54) is 7.11 Å². The van der Waals surface area contributed by atoms with Gasteiger partial charge >= 0.3 is 0 Å². The first kappa shape index (κ1) is 22.0. The van der Waals surface area contributed by atoms with E-state index in [1.54, 1.807) is 42.1 Å². The van der Waals surface area contributed by atoms with E-state index in [0.717, 1.165) is 16.9 Å². The Morgan fingerprint density at radius 3 is 2.77 bits per heavy atom. The van der Waals surface area contributed by atoms with Crippen LogP contribution < -0.4 is 20.2 Å². The van der Waals surface area contributed by atoms with E-state index in [9.17, 15) is 4.79 Å². The lowest BCUT2D eigenvalue weighted by Crippen LogP contribution is -2.06. The van der Waals surface area contributed by atoms with Gasteiger partial charge in [-0.15, -0.1) is 5.10 Å². The van der Waals surface area contributed by atoms with Crippen molar-refractivity contribution in [1.82, 2.24) is 15.0 Å². The highest BCUT2D eigenvalue weighted by molar-refractivity contribution is 5.95. The molecule has 0 aliphatic heterocycles. The molecule has 0 spiro atoms. The molecule has 0 unspecified atom stereocenters.